The molecule has 3 rings (SSSR count). The van der Waals surface area contributed by atoms with Crippen LogP contribution in [0.1, 0.15) is 16.3 Å². The van der Waals surface area contributed by atoms with Gasteiger partial charge in [-0.25, -0.2) is 13.4 Å². The first-order chi connectivity index (χ1) is 11.4. The van der Waals surface area contributed by atoms with Gasteiger partial charge in [0.25, 0.3) is 0 Å². The van der Waals surface area contributed by atoms with Gasteiger partial charge in [-0.3, -0.25) is 4.90 Å². The lowest BCUT2D eigenvalue weighted by molar-refractivity contribution is 0.180. The van der Waals surface area contributed by atoms with E-state index in [1.807, 2.05) is 13.8 Å². The molecule has 0 atom stereocenters. The highest BCUT2D eigenvalue weighted by atomic mass is 79.9. The molecule has 1 saturated heterocycles. The molecular weight excluding hydrogens is 410 g/mol. The van der Waals surface area contributed by atoms with E-state index in [4.69, 9.17) is 0 Å². The van der Waals surface area contributed by atoms with Crippen LogP contribution in [0, 0.1) is 13.8 Å². The highest BCUT2D eigenvalue weighted by Crippen LogP contribution is 2.23. The predicted molar refractivity (Wildman–Crippen MR) is 99.8 cm³/mol. The Kier molecular flexibility index (Phi) is 5.41. The average Bonchev–Trinajstić information content (AvgIpc) is 2.95. The summed E-state index contributed by atoms with van der Waals surface area (Å²) >= 11 is 5.06. The summed E-state index contributed by atoms with van der Waals surface area (Å²) in [7, 11) is -3.42. The number of hydrogen-bond donors (Lipinski definition) is 0. The molecule has 1 aromatic heterocycles. The topological polar surface area (TPSA) is 53.5 Å². The molecule has 0 spiro atoms. The Labute approximate surface area is 155 Å². The number of rotatable bonds is 4. The number of piperazine rings is 1. The molecule has 24 heavy (non-hydrogen) atoms. The molecule has 8 heteroatoms. The van der Waals surface area contributed by atoms with E-state index in [0.717, 1.165) is 40.4 Å². The van der Waals surface area contributed by atoms with Crippen LogP contribution in [-0.2, 0) is 16.6 Å². The lowest BCUT2D eigenvalue weighted by atomic mass is 10.2. The van der Waals surface area contributed by atoms with Crippen LogP contribution in [0.4, 0.5) is 0 Å². The highest BCUT2D eigenvalue weighted by Gasteiger charge is 2.28. The van der Waals surface area contributed by atoms with E-state index < -0.39 is 10.0 Å². The summed E-state index contributed by atoms with van der Waals surface area (Å²) in [6, 6.07) is 5.18. The van der Waals surface area contributed by atoms with Gasteiger partial charge >= 0.3 is 0 Å². The first kappa shape index (κ1) is 18.0. The molecule has 2 aromatic rings. The minimum Gasteiger partial charge on any atom is -0.295 e. The van der Waals surface area contributed by atoms with Crippen molar-refractivity contribution < 1.29 is 8.42 Å². The largest absolute Gasteiger partial charge is 0.295 e. The molecule has 0 bridgehead atoms. The molecule has 2 heterocycles. The van der Waals surface area contributed by atoms with Crippen molar-refractivity contribution in [2.24, 2.45) is 0 Å². The van der Waals surface area contributed by atoms with Crippen LogP contribution >= 0.6 is 27.3 Å². The quantitative estimate of drug-likeness (QED) is 0.749. The van der Waals surface area contributed by atoms with E-state index in [9.17, 15) is 8.42 Å². The fourth-order valence-electron chi connectivity index (χ4n) is 2.76. The Morgan fingerprint density at radius 1 is 1.21 bits per heavy atom. The maximum atomic E-state index is 12.8. The first-order valence-electron chi connectivity index (χ1n) is 7.76. The minimum absolute atomic E-state index is 0.367. The Bertz CT molecular complexity index is 828. The number of sulfonamides is 1. The number of benzene rings is 1. The van der Waals surface area contributed by atoms with Gasteiger partial charge in [0.15, 0.2) is 0 Å². The van der Waals surface area contributed by atoms with Gasteiger partial charge in [0.2, 0.25) is 10.0 Å². The lowest BCUT2D eigenvalue weighted by Crippen LogP contribution is -2.48. The molecule has 1 aliphatic rings. The van der Waals surface area contributed by atoms with Crippen LogP contribution in [0.5, 0.6) is 0 Å². The van der Waals surface area contributed by atoms with Gasteiger partial charge in [-0.05, 0) is 37.6 Å². The molecule has 0 aliphatic carbocycles. The summed E-state index contributed by atoms with van der Waals surface area (Å²) in [6.45, 7) is 7.17. The van der Waals surface area contributed by atoms with Crippen molar-refractivity contribution in [1.29, 1.82) is 0 Å². The molecule has 5 nitrogen and oxygen atoms in total. The molecule has 0 unspecified atom stereocenters. The number of aromatic nitrogens is 1. The maximum Gasteiger partial charge on any atom is 0.243 e. The number of nitrogens with zero attached hydrogens (tertiary/aromatic N) is 3. The van der Waals surface area contributed by atoms with Gasteiger partial charge in [-0.15, -0.1) is 11.3 Å². The van der Waals surface area contributed by atoms with Crippen molar-refractivity contribution in [2.45, 2.75) is 25.3 Å². The van der Waals surface area contributed by atoms with E-state index in [-0.39, 0.29) is 0 Å². The third-order valence-corrected chi connectivity index (χ3v) is 7.76. The van der Waals surface area contributed by atoms with E-state index >= 15 is 0 Å². The zero-order valence-electron chi connectivity index (χ0n) is 13.7. The van der Waals surface area contributed by atoms with Crippen molar-refractivity contribution in [3.63, 3.8) is 0 Å². The second-order valence-electron chi connectivity index (χ2n) is 5.95. The molecule has 0 saturated carbocycles. The van der Waals surface area contributed by atoms with Gasteiger partial charge in [0.05, 0.1) is 15.6 Å². The summed E-state index contributed by atoms with van der Waals surface area (Å²) in [4.78, 5) is 7.10. The lowest BCUT2D eigenvalue weighted by Gasteiger charge is -2.33. The molecule has 1 aliphatic heterocycles. The normalized spacial score (nSPS) is 17.3. The average molecular weight is 430 g/mol. The van der Waals surface area contributed by atoms with Crippen molar-refractivity contribution in [3.8, 4) is 0 Å². The van der Waals surface area contributed by atoms with Crippen molar-refractivity contribution in [3.05, 3.63) is 44.3 Å². The molecule has 1 aromatic carbocycles. The Hall–Kier alpha value is -0.800. The van der Waals surface area contributed by atoms with Crippen LogP contribution in [0.3, 0.4) is 0 Å². The molecule has 1 fully saturated rings. The zero-order chi connectivity index (χ0) is 17.3. The van der Waals surface area contributed by atoms with Crippen LogP contribution in [0.2, 0.25) is 0 Å². The SMILES string of the molecule is Cc1nc(CN2CCN(S(=O)(=O)c3ccc(Br)c(C)c3)CC2)cs1. The second kappa shape index (κ2) is 7.21. The standard InChI is InChI=1S/C16H20BrN3O2S2/c1-12-9-15(3-4-16(12)17)24(21,22)20-7-5-19(6-8-20)10-14-11-23-13(2)18-14/h3-4,9,11H,5-8,10H2,1-2H3. The van der Waals surface area contributed by atoms with E-state index in [2.05, 4.69) is 31.2 Å². The number of thiazole rings is 1. The maximum absolute atomic E-state index is 12.8. The van der Waals surface area contributed by atoms with E-state index in [1.165, 1.54) is 0 Å². The van der Waals surface area contributed by atoms with Gasteiger partial charge in [-0.1, -0.05) is 15.9 Å². The predicted octanol–water partition coefficient (Wildman–Crippen LogP) is 3.03. The third kappa shape index (κ3) is 3.88. The summed E-state index contributed by atoms with van der Waals surface area (Å²) < 4.78 is 28.1. The van der Waals surface area contributed by atoms with Crippen molar-refractivity contribution >= 4 is 37.3 Å². The molecule has 0 amide bonds. The Balaban J connectivity index is 1.65. The Morgan fingerprint density at radius 2 is 1.92 bits per heavy atom. The van der Waals surface area contributed by atoms with Gasteiger partial charge < -0.3 is 0 Å². The number of hydrogen-bond acceptors (Lipinski definition) is 5. The Morgan fingerprint density at radius 3 is 2.50 bits per heavy atom. The smallest absolute Gasteiger partial charge is 0.243 e. The fraction of sp³-hybridized carbons (Fsp3) is 0.438. The summed E-state index contributed by atoms with van der Waals surface area (Å²) in [5.74, 6) is 0. The third-order valence-electron chi connectivity index (χ3n) is 4.15. The molecule has 0 radical (unpaired) electrons. The summed E-state index contributed by atoms with van der Waals surface area (Å²) in [5, 5.41) is 3.14. The van der Waals surface area contributed by atoms with E-state index in [0.29, 0.717) is 18.0 Å². The minimum atomic E-state index is -3.42. The monoisotopic (exact) mass is 429 g/mol. The number of aryl methyl sites for hydroxylation is 2. The molecular formula is C16H20BrN3O2S2. The first-order valence-corrected chi connectivity index (χ1v) is 10.9. The van der Waals surface area contributed by atoms with Gasteiger partial charge in [0, 0.05) is 42.6 Å². The van der Waals surface area contributed by atoms with Crippen LogP contribution < -0.4 is 0 Å². The van der Waals surface area contributed by atoms with Crippen molar-refractivity contribution in [2.75, 3.05) is 26.2 Å². The van der Waals surface area contributed by atoms with Crippen LogP contribution in [0.25, 0.3) is 0 Å². The highest BCUT2D eigenvalue weighted by molar-refractivity contribution is 9.10. The van der Waals surface area contributed by atoms with Crippen LogP contribution in [-0.4, -0.2) is 48.8 Å². The van der Waals surface area contributed by atoms with Crippen LogP contribution in [0.15, 0.2) is 32.9 Å². The van der Waals surface area contributed by atoms with E-state index in [1.54, 1.807) is 33.8 Å². The number of halogens is 1. The summed E-state index contributed by atoms with van der Waals surface area (Å²) in [6.07, 6.45) is 0. The second-order valence-corrected chi connectivity index (χ2v) is 9.80. The fourth-order valence-corrected chi connectivity index (χ4v) is 5.12. The van der Waals surface area contributed by atoms with Crippen molar-refractivity contribution in [1.82, 2.24) is 14.2 Å². The zero-order valence-corrected chi connectivity index (χ0v) is 16.9. The van der Waals surface area contributed by atoms with Gasteiger partial charge in [0.1, 0.15) is 0 Å². The summed E-state index contributed by atoms with van der Waals surface area (Å²) in [5.41, 5.74) is 1.99. The van der Waals surface area contributed by atoms with Gasteiger partial charge in [-0.2, -0.15) is 4.31 Å². The molecule has 130 valence electrons. The molecule has 0 N–H and O–H groups in total.